The summed E-state index contributed by atoms with van der Waals surface area (Å²) in [5.74, 6) is 4.09. The highest BCUT2D eigenvalue weighted by Gasteiger charge is 2.23. The van der Waals surface area contributed by atoms with Crippen LogP contribution in [0, 0.1) is 5.92 Å². The maximum absolute atomic E-state index is 11.3. The molecule has 2 aliphatic rings. The molecular weight excluding hydrogens is 409 g/mol. The van der Waals surface area contributed by atoms with Crippen molar-refractivity contribution in [3.63, 3.8) is 0 Å². The van der Waals surface area contributed by atoms with Gasteiger partial charge in [0.05, 0.1) is 11.5 Å². The van der Waals surface area contributed by atoms with Crippen molar-refractivity contribution in [2.45, 2.75) is 19.3 Å². The first-order valence-electron chi connectivity index (χ1n) is 6.90. The smallest absolute Gasteiger partial charge is 0.191 e. The average molecular weight is 433 g/mol. The number of hydrogen-bond donors (Lipinski definition) is 1. The van der Waals surface area contributed by atoms with E-state index in [2.05, 4.69) is 9.89 Å². The quantitative estimate of drug-likeness (QED) is 0.411. The number of hydrogen-bond acceptors (Lipinski definition) is 4. The van der Waals surface area contributed by atoms with E-state index in [0.717, 1.165) is 50.4 Å². The first-order valence-corrected chi connectivity index (χ1v) is 9.87. The molecule has 5 nitrogen and oxygen atoms in total. The van der Waals surface area contributed by atoms with Crippen molar-refractivity contribution >= 4 is 51.5 Å². The topological polar surface area (TPSA) is 75.8 Å². The van der Waals surface area contributed by atoms with E-state index in [1.165, 1.54) is 0 Å². The second-order valence-electron chi connectivity index (χ2n) is 5.22. The van der Waals surface area contributed by atoms with Crippen LogP contribution in [0.4, 0.5) is 0 Å². The minimum atomic E-state index is -2.75. The highest BCUT2D eigenvalue weighted by Crippen LogP contribution is 2.21. The minimum Gasteiger partial charge on any atom is -0.370 e. The van der Waals surface area contributed by atoms with Crippen LogP contribution in [-0.2, 0) is 9.84 Å². The molecule has 0 bridgehead atoms. The lowest BCUT2D eigenvalue weighted by atomic mass is 9.99. The van der Waals surface area contributed by atoms with Gasteiger partial charge in [-0.2, -0.15) is 11.8 Å². The van der Waals surface area contributed by atoms with Gasteiger partial charge in [-0.15, -0.1) is 24.0 Å². The van der Waals surface area contributed by atoms with Crippen LogP contribution in [0.15, 0.2) is 4.99 Å². The van der Waals surface area contributed by atoms with E-state index in [9.17, 15) is 8.42 Å². The molecular formula is C12H24IN3O2S2. The predicted octanol–water partition coefficient (Wildman–Crippen LogP) is 1.18. The molecule has 2 N–H and O–H groups in total. The molecule has 0 spiro atoms. The molecule has 2 heterocycles. The predicted molar refractivity (Wildman–Crippen MR) is 96.8 cm³/mol. The summed E-state index contributed by atoms with van der Waals surface area (Å²) < 4.78 is 22.7. The Labute approximate surface area is 143 Å². The molecule has 8 heteroatoms. The van der Waals surface area contributed by atoms with Crippen LogP contribution >= 0.6 is 35.7 Å². The van der Waals surface area contributed by atoms with Gasteiger partial charge in [-0.25, -0.2) is 8.42 Å². The van der Waals surface area contributed by atoms with Crippen molar-refractivity contribution in [2.75, 3.05) is 42.6 Å². The minimum absolute atomic E-state index is 0. The third-order valence-corrected chi connectivity index (χ3v) is 6.48. The molecule has 0 aliphatic carbocycles. The van der Waals surface area contributed by atoms with Crippen LogP contribution < -0.4 is 5.73 Å². The van der Waals surface area contributed by atoms with Gasteiger partial charge in [0.15, 0.2) is 5.96 Å². The zero-order valence-corrected chi connectivity index (χ0v) is 15.6. The lowest BCUT2D eigenvalue weighted by Crippen LogP contribution is -2.42. The first kappa shape index (κ1) is 18.3. The highest BCUT2D eigenvalue weighted by molar-refractivity contribution is 14.0. The van der Waals surface area contributed by atoms with Crippen molar-refractivity contribution < 1.29 is 8.42 Å². The Morgan fingerprint density at radius 1 is 1.25 bits per heavy atom. The Balaban J connectivity index is 0.00000200. The van der Waals surface area contributed by atoms with Crippen LogP contribution in [-0.4, -0.2) is 61.9 Å². The Bertz CT molecular complexity index is 408. The highest BCUT2D eigenvalue weighted by atomic mass is 127. The fraction of sp³-hybridized carbons (Fsp3) is 0.917. The number of halogens is 1. The largest absolute Gasteiger partial charge is 0.370 e. The van der Waals surface area contributed by atoms with E-state index in [0.29, 0.717) is 23.4 Å². The summed E-state index contributed by atoms with van der Waals surface area (Å²) in [5.41, 5.74) is 5.98. The monoisotopic (exact) mass is 433 g/mol. The average Bonchev–Trinajstić information content (AvgIpc) is 2.41. The summed E-state index contributed by atoms with van der Waals surface area (Å²) in [4.78, 5) is 6.58. The van der Waals surface area contributed by atoms with Gasteiger partial charge >= 0.3 is 0 Å². The zero-order chi connectivity index (χ0) is 13.7. The molecule has 0 aromatic carbocycles. The third-order valence-electron chi connectivity index (χ3n) is 3.82. The molecule has 2 aliphatic heterocycles. The third kappa shape index (κ3) is 5.97. The number of aliphatic imine (C=N–C) groups is 1. The normalized spacial score (nSPS) is 24.2. The number of guanidine groups is 1. The molecule has 0 aromatic rings. The summed E-state index contributed by atoms with van der Waals surface area (Å²) in [6.45, 7) is 2.70. The summed E-state index contributed by atoms with van der Waals surface area (Å²) >= 11 is 1.95. The fourth-order valence-electron chi connectivity index (χ4n) is 2.48. The molecule has 0 aromatic heterocycles. The Kier molecular flexibility index (Phi) is 7.96. The molecule has 0 unspecified atom stereocenters. The van der Waals surface area contributed by atoms with Gasteiger partial charge in [0, 0.05) is 31.1 Å². The van der Waals surface area contributed by atoms with Gasteiger partial charge in [0.25, 0.3) is 0 Å². The number of nitrogens with two attached hydrogens (primary N) is 1. The van der Waals surface area contributed by atoms with Gasteiger partial charge < -0.3 is 10.6 Å². The molecule has 2 fully saturated rings. The molecule has 0 saturated carbocycles. The van der Waals surface area contributed by atoms with Crippen molar-refractivity contribution in [1.82, 2.24) is 4.90 Å². The Morgan fingerprint density at radius 3 is 2.45 bits per heavy atom. The van der Waals surface area contributed by atoms with Crippen LogP contribution in [0.2, 0.25) is 0 Å². The van der Waals surface area contributed by atoms with E-state index in [4.69, 9.17) is 5.73 Å². The molecule has 0 amide bonds. The van der Waals surface area contributed by atoms with Crippen molar-refractivity contribution in [1.29, 1.82) is 0 Å². The van der Waals surface area contributed by atoms with Crippen molar-refractivity contribution in [2.24, 2.45) is 16.6 Å². The lowest BCUT2D eigenvalue weighted by Gasteiger charge is -2.27. The van der Waals surface area contributed by atoms with E-state index in [1.54, 1.807) is 0 Å². The van der Waals surface area contributed by atoms with E-state index >= 15 is 0 Å². The first-order chi connectivity index (χ1) is 9.07. The maximum atomic E-state index is 11.3. The zero-order valence-electron chi connectivity index (χ0n) is 11.7. The van der Waals surface area contributed by atoms with Crippen LogP contribution in [0.1, 0.15) is 19.3 Å². The maximum Gasteiger partial charge on any atom is 0.191 e. The summed E-state index contributed by atoms with van der Waals surface area (Å²) in [7, 11) is -2.75. The Hall–Kier alpha value is 0.300. The van der Waals surface area contributed by atoms with Crippen molar-refractivity contribution in [3.8, 4) is 0 Å². The van der Waals surface area contributed by atoms with Crippen LogP contribution in [0.25, 0.3) is 0 Å². The van der Waals surface area contributed by atoms with E-state index in [1.807, 2.05) is 11.8 Å². The standard InChI is InChI=1S/C12H23N3O2S2.HI/c13-12(15-5-7-18-8-6-15)14-4-1-11-2-9-19(16,17)10-3-11;/h11H,1-10H2,(H2,13,14);1H. The van der Waals surface area contributed by atoms with E-state index in [-0.39, 0.29) is 24.0 Å². The molecule has 0 radical (unpaired) electrons. The summed E-state index contributed by atoms with van der Waals surface area (Å²) in [5, 5.41) is 0. The van der Waals surface area contributed by atoms with Gasteiger partial charge in [-0.1, -0.05) is 0 Å². The molecule has 2 saturated heterocycles. The molecule has 2 rings (SSSR count). The Morgan fingerprint density at radius 2 is 1.85 bits per heavy atom. The summed E-state index contributed by atoms with van der Waals surface area (Å²) in [6, 6.07) is 0. The van der Waals surface area contributed by atoms with Gasteiger partial charge in [-0.3, -0.25) is 4.99 Å². The lowest BCUT2D eigenvalue weighted by molar-refractivity contribution is 0.433. The fourth-order valence-corrected chi connectivity index (χ4v) is 4.97. The number of thioether (sulfide) groups is 1. The van der Waals surface area contributed by atoms with Crippen LogP contribution in [0.3, 0.4) is 0 Å². The van der Waals surface area contributed by atoms with E-state index < -0.39 is 9.84 Å². The van der Waals surface area contributed by atoms with Gasteiger partial charge in [0.2, 0.25) is 0 Å². The number of sulfone groups is 1. The second kappa shape index (κ2) is 8.67. The van der Waals surface area contributed by atoms with Gasteiger partial charge in [0.1, 0.15) is 9.84 Å². The van der Waals surface area contributed by atoms with Gasteiger partial charge in [-0.05, 0) is 25.2 Å². The molecule has 20 heavy (non-hydrogen) atoms. The van der Waals surface area contributed by atoms with Crippen LogP contribution in [0.5, 0.6) is 0 Å². The summed E-state index contributed by atoms with van der Waals surface area (Å²) in [6.07, 6.45) is 2.54. The number of rotatable bonds is 3. The SMILES string of the molecule is I.NC(=NCCC1CCS(=O)(=O)CC1)N1CCSCC1. The second-order valence-corrected chi connectivity index (χ2v) is 8.75. The molecule has 0 atom stereocenters. The number of nitrogens with zero attached hydrogens (tertiary/aromatic N) is 2. The van der Waals surface area contributed by atoms with Crippen molar-refractivity contribution in [3.05, 3.63) is 0 Å². The molecule has 118 valence electrons.